The van der Waals surface area contributed by atoms with E-state index in [2.05, 4.69) is 45.6 Å². The van der Waals surface area contributed by atoms with Gasteiger partial charge in [-0.3, -0.25) is 0 Å². The van der Waals surface area contributed by atoms with Gasteiger partial charge in [-0.25, -0.2) is 4.98 Å². The summed E-state index contributed by atoms with van der Waals surface area (Å²) in [6.45, 7) is 5.61. The number of anilines is 1. The summed E-state index contributed by atoms with van der Waals surface area (Å²) in [6.07, 6.45) is 3.00. The number of hydrogen-bond acceptors (Lipinski definition) is 3. The number of nitrogens with two attached hydrogens (primary N) is 1. The van der Waals surface area contributed by atoms with Crippen molar-refractivity contribution >= 4 is 5.69 Å². The van der Waals surface area contributed by atoms with Crippen molar-refractivity contribution in [1.29, 1.82) is 0 Å². The largest absolute Gasteiger partial charge is 0.364 e. The van der Waals surface area contributed by atoms with Gasteiger partial charge in [0.1, 0.15) is 0 Å². The molecule has 2 aromatic rings. The highest BCUT2D eigenvalue weighted by Gasteiger charge is 2.19. The van der Waals surface area contributed by atoms with Gasteiger partial charge in [-0.1, -0.05) is 19.1 Å². The minimum absolute atomic E-state index is 0.519. The summed E-state index contributed by atoms with van der Waals surface area (Å²) in [5, 5.41) is 0. The second-order valence-electron chi connectivity index (χ2n) is 4.98. The molecule has 4 heteroatoms. The number of benzene rings is 1. The first-order valence-corrected chi connectivity index (χ1v) is 6.88. The minimum Gasteiger partial charge on any atom is -0.364 e. The monoisotopic (exact) mass is 256 g/mol. The van der Waals surface area contributed by atoms with Crippen molar-refractivity contribution in [2.75, 3.05) is 11.4 Å². The molecule has 0 amide bonds. The number of nitrogens with zero attached hydrogens (tertiary/aromatic N) is 3. The molecule has 0 atom stereocenters. The molecule has 0 spiro atoms. The number of rotatable bonds is 3. The van der Waals surface area contributed by atoms with Crippen LogP contribution < -0.4 is 10.6 Å². The highest BCUT2D eigenvalue weighted by atomic mass is 15.2. The summed E-state index contributed by atoms with van der Waals surface area (Å²) in [5.41, 5.74) is 10.7. The van der Waals surface area contributed by atoms with E-state index in [1.807, 2.05) is 6.33 Å². The van der Waals surface area contributed by atoms with Crippen LogP contribution >= 0.6 is 0 Å². The van der Waals surface area contributed by atoms with Gasteiger partial charge < -0.3 is 15.2 Å². The molecule has 1 aromatic carbocycles. The third kappa shape index (κ3) is 2.24. The maximum Gasteiger partial charge on any atom is 0.0953 e. The van der Waals surface area contributed by atoms with E-state index in [4.69, 9.17) is 5.73 Å². The van der Waals surface area contributed by atoms with Crippen LogP contribution in [0.4, 0.5) is 5.69 Å². The molecule has 0 saturated carbocycles. The lowest BCUT2D eigenvalue weighted by molar-refractivity contribution is 0.568. The van der Waals surface area contributed by atoms with E-state index in [1.54, 1.807) is 0 Å². The Morgan fingerprint density at radius 2 is 2.00 bits per heavy atom. The summed E-state index contributed by atoms with van der Waals surface area (Å²) in [5.74, 6) is 0. The lowest BCUT2D eigenvalue weighted by Gasteiger charge is -2.30. The van der Waals surface area contributed by atoms with Crippen LogP contribution in [0, 0.1) is 0 Å². The molecule has 0 unspecified atom stereocenters. The summed E-state index contributed by atoms with van der Waals surface area (Å²) >= 11 is 0. The maximum absolute atomic E-state index is 5.75. The Morgan fingerprint density at radius 3 is 2.68 bits per heavy atom. The molecular formula is C15H20N4. The Balaban J connectivity index is 1.84. The van der Waals surface area contributed by atoms with Crippen molar-refractivity contribution in [3.05, 3.63) is 47.5 Å². The highest BCUT2D eigenvalue weighted by molar-refractivity contribution is 5.48. The molecule has 4 nitrogen and oxygen atoms in total. The lowest BCUT2D eigenvalue weighted by Crippen LogP contribution is -2.33. The molecule has 19 heavy (non-hydrogen) atoms. The minimum atomic E-state index is 0.519. The van der Waals surface area contributed by atoms with E-state index in [0.29, 0.717) is 6.54 Å². The zero-order valence-corrected chi connectivity index (χ0v) is 11.3. The van der Waals surface area contributed by atoms with Crippen LogP contribution in [0.3, 0.4) is 0 Å². The zero-order chi connectivity index (χ0) is 13.2. The Bertz CT molecular complexity index is 543. The van der Waals surface area contributed by atoms with Gasteiger partial charge in [0.25, 0.3) is 0 Å². The maximum atomic E-state index is 5.75. The molecule has 1 aliphatic rings. The predicted octanol–water partition coefficient (Wildman–Crippen LogP) is 1.92. The molecule has 2 N–H and O–H groups in total. The zero-order valence-electron chi connectivity index (χ0n) is 11.3. The van der Waals surface area contributed by atoms with E-state index < -0.39 is 0 Å². The average molecular weight is 256 g/mol. The van der Waals surface area contributed by atoms with Gasteiger partial charge in [-0.2, -0.15) is 0 Å². The van der Waals surface area contributed by atoms with Gasteiger partial charge >= 0.3 is 0 Å². The molecule has 0 saturated heterocycles. The third-order valence-electron chi connectivity index (χ3n) is 3.89. The molecule has 3 rings (SSSR count). The van der Waals surface area contributed by atoms with Gasteiger partial charge in [0, 0.05) is 25.3 Å². The van der Waals surface area contributed by atoms with Crippen molar-refractivity contribution in [1.82, 2.24) is 9.55 Å². The SMILES string of the molecule is CCc1ccc(N2CCn3cnc(CN)c3C2)cc1. The Morgan fingerprint density at radius 1 is 1.21 bits per heavy atom. The van der Waals surface area contributed by atoms with Gasteiger partial charge in [0.2, 0.25) is 0 Å². The van der Waals surface area contributed by atoms with Gasteiger partial charge in [-0.05, 0) is 24.1 Å². The summed E-state index contributed by atoms with van der Waals surface area (Å²) in [7, 11) is 0. The Hall–Kier alpha value is -1.81. The molecule has 0 fully saturated rings. The average Bonchev–Trinajstić information content (AvgIpc) is 2.89. The fourth-order valence-corrected chi connectivity index (χ4v) is 2.65. The second-order valence-corrected chi connectivity index (χ2v) is 4.98. The van der Waals surface area contributed by atoms with Crippen molar-refractivity contribution in [3.8, 4) is 0 Å². The first-order chi connectivity index (χ1) is 9.31. The Kier molecular flexibility index (Phi) is 3.25. The van der Waals surface area contributed by atoms with E-state index in [9.17, 15) is 0 Å². The molecule has 0 bridgehead atoms. The number of aromatic nitrogens is 2. The summed E-state index contributed by atoms with van der Waals surface area (Å²) in [4.78, 5) is 6.78. The van der Waals surface area contributed by atoms with Crippen molar-refractivity contribution < 1.29 is 0 Å². The summed E-state index contributed by atoms with van der Waals surface area (Å²) < 4.78 is 2.22. The smallest absolute Gasteiger partial charge is 0.0953 e. The molecule has 1 aromatic heterocycles. The van der Waals surface area contributed by atoms with Crippen molar-refractivity contribution in [2.24, 2.45) is 5.73 Å². The van der Waals surface area contributed by atoms with Crippen LogP contribution in [0.15, 0.2) is 30.6 Å². The number of fused-ring (bicyclic) bond motifs is 1. The fourth-order valence-electron chi connectivity index (χ4n) is 2.65. The van der Waals surface area contributed by atoms with Crippen molar-refractivity contribution in [2.45, 2.75) is 33.0 Å². The third-order valence-corrected chi connectivity index (χ3v) is 3.89. The first kappa shape index (κ1) is 12.2. The normalized spacial score (nSPS) is 14.5. The van der Waals surface area contributed by atoms with Gasteiger partial charge in [0.15, 0.2) is 0 Å². The van der Waals surface area contributed by atoms with E-state index in [1.165, 1.54) is 16.9 Å². The molecule has 0 aliphatic carbocycles. The predicted molar refractivity (Wildman–Crippen MR) is 77.0 cm³/mol. The summed E-state index contributed by atoms with van der Waals surface area (Å²) in [6, 6.07) is 8.86. The van der Waals surface area contributed by atoms with Crippen LogP contribution in [-0.2, 0) is 26.1 Å². The molecule has 100 valence electrons. The van der Waals surface area contributed by atoms with E-state index in [0.717, 1.165) is 31.7 Å². The number of aryl methyl sites for hydroxylation is 1. The lowest BCUT2D eigenvalue weighted by atomic mass is 10.1. The fraction of sp³-hybridized carbons (Fsp3) is 0.400. The molecular weight excluding hydrogens is 236 g/mol. The van der Waals surface area contributed by atoms with Crippen LogP contribution in [0.1, 0.15) is 23.9 Å². The van der Waals surface area contributed by atoms with E-state index in [-0.39, 0.29) is 0 Å². The van der Waals surface area contributed by atoms with E-state index >= 15 is 0 Å². The number of imidazole rings is 1. The molecule has 0 radical (unpaired) electrons. The van der Waals surface area contributed by atoms with Gasteiger partial charge in [-0.15, -0.1) is 0 Å². The standard InChI is InChI=1S/C15H20N4/c1-2-12-3-5-13(6-4-12)18-7-8-19-11-17-14(9-16)15(19)10-18/h3-6,11H,2,7-10,16H2,1H3. The van der Waals surface area contributed by atoms with Gasteiger partial charge in [0.05, 0.1) is 24.3 Å². The van der Waals surface area contributed by atoms with Crippen LogP contribution in [-0.4, -0.2) is 16.1 Å². The first-order valence-electron chi connectivity index (χ1n) is 6.88. The van der Waals surface area contributed by atoms with Crippen LogP contribution in [0.5, 0.6) is 0 Å². The Labute approximate surface area is 113 Å². The topological polar surface area (TPSA) is 47.1 Å². The van der Waals surface area contributed by atoms with Crippen LogP contribution in [0.25, 0.3) is 0 Å². The highest BCUT2D eigenvalue weighted by Crippen LogP contribution is 2.23. The quantitative estimate of drug-likeness (QED) is 0.912. The van der Waals surface area contributed by atoms with Crippen LogP contribution in [0.2, 0.25) is 0 Å². The second kappa shape index (κ2) is 5.05. The van der Waals surface area contributed by atoms with Crippen molar-refractivity contribution in [3.63, 3.8) is 0 Å². The molecule has 2 heterocycles. The number of hydrogen-bond donors (Lipinski definition) is 1. The molecule has 1 aliphatic heterocycles.